The van der Waals surface area contributed by atoms with Crippen molar-refractivity contribution in [1.82, 2.24) is 0 Å². The van der Waals surface area contributed by atoms with Crippen LogP contribution in [0.5, 0.6) is 0 Å². The highest BCUT2D eigenvalue weighted by Gasteiger charge is 2.78. The molecule has 0 heterocycles. The molecule has 0 aromatic rings. The quantitative estimate of drug-likeness (QED) is 0.418. The third-order valence-corrected chi connectivity index (χ3v) is 15.5. The van der Waals surface area contributed by atoms with Gasteiger partial charge in [0.1, 0.15) is 6.10 Å². The molecule has 0 bridgehead atoms. The first-order chi connectivity index (χ1) is 16.0. The van der Waals surface area contributed by atoms with Crippen LogP contribution >= 0.6 is 0 Å². The summed E-state index contributed by atoms with van der Waals surface area (Å²) in [6, 6.07) is 0. The standard InChI is InChI=1S/C32H54O3/c1-20-25(35)24(34)18-32(9)27(20,4)12-14-29(6)30(32,7)15-13-28(5)23-17-26(2,3)11-10-22(23)21(19-33)16-31(28,29)8/h20-24,33-34H,10-19H2,1-9H3. The maximum absolute atomic E-state index is 13.0. The molecule has 5 fully saturated rings. The molecule has 11 atom stereocenters. The summed E-state index contributed by atoms with van der Waals surface area (Å²) >= 11 is 0. The molecule has 0 aliphatic heterocycles. The van der Waals surface area contributed by atoms with Gasteiger partial charge in [-0.15, -0.1) is 0 Å². The summed E-state index contributed by atoms with van der Waals surface area (Å²) in [5.41, 5.74) is 0.715. The van der Waals surface area contributed by atoms with Crippen LogP contribution in [0.1, 0.15) is 120 Å². The summed E-state index contributed by atoms with van der Waals surface area (Å²) in [6.45, 7) is 22.6. The molecule has 5 aliphatic carbocycles. The van der Waals surface area contributed by atoms with Crippen LogP contribution in [0.15, 0.2) is 0 Å². The summed E-state index contributed by atoms with van der Waals surface area (Å²) < 4.78 is 0. The Morgan fingerprint density at radius 1 is 0.743 bits per heavy atom. The zero-order valence-electron chi connectivity index (χ0n) is 24.3. The molecule has 0 aromatic heterocycles. The average Bonchev–Trinajstić information content (AvgIpc) is 2.79. The van der Waals surface area contributed by atoms with Gasteiger partial charge in [0.05, 0.1) is 0 Å². The molecule has 5 rings (SSSR count). The number of aliphatic hydroxyl groups excluding tert-OH is 2. The van der Waals surface area contributed by atoms with Crippen molar-refractivity contribution in [3.8, 4) is 0 Å². The number of hydrogen-bond donors (Lipinski definition) is 2. The minimum Gasteiger partial charge on any atom is -0.396 e. The van der Waals surface area contributed by atoms with Crippen LogP contribution in [0.4, 0.5) is 0 Å². The van der Waals surface area contributed by atoms with E-state index >= 15 is 0 Å². The summed E-state index contributed by atoms with van der Waals surface area (Å²) in [4.78, 5) is 13.0. The SMILES string of the molecule is CC1C(=O)C(O)CC2(C)C1(C)CCC1(C)C3(C)CC(CO)C4CCC(C)(C)CC4C3(C)CCC21C. The molecule has 0 amide bonds. The van der Waals surface area contributed by atoms with Crippen LogP contribution in [0.2, 0.25) is 0 Å². The molecule has 200 valence electrons. The highest BCUT2D eigenvalue weighted by molar-refractivity contribution is 5.87. The summed E-state index contributed by atoms with van der Waals surface area (Å²) in [5.74, 6) is 1.68. The van der Waals surface area contributed by atoms with E-state index in [9.17, 15) is 15.0 Å². The Hall–Kier alpha value is -0.410. The molecule has 0 spiro atoms. The van der Waals surface area contributed by atoms with Crippen LogP contribution in [0.25, 0.3) is 0 Å². The summed E-state index contributed by atoms with van der Waals surface area (Å²) in [7, 11) is 0. The third-order valence-electron chi connectivity index (χ3n) is 15.5. The monoisotopic (exact) mass is 486 g/mol. The van der Waals surface area contributed by atoms with Gasteiger partial charge in [0.15, 0.2) is 5.78 Å². The summed E-state index contributed by atoms with van der Waals surface area (Å²) in [5, 5.41) is 21.7. The molecular weight excluding hydrogens is 432 g/mol. The van der Waals surface area contributed by atoms with Crippen molar-refractivity contribution in [3.63, 3.8) is 0 Å². The first-order valence-corrected chi connectivity index (χ1v) is 14.8. The van der Waals surface area contributed by atoms with Gasteiger partial charge in [-0.2, -0.15) is 0 Å². The van der Waals surface area contributed by atoms with E-state index < -0.39 is 6.10 Å². The number of rotatable bonds is 1. The van der Waals surface area contributed by atoms with Gasteiger partial charge in [-0.1, -0.05) is 62.3 Å². The van der Waals surface area contributed by atoms with E-state index in [1.165, 1.54) is 32.1 Å². The molecule has 35 heavy (non-hydrogen) atoms. The minimum absolute atomic E-state index is 0.0359. The number of carbonyl (C=O) groups excluding carboxylic acids is 1. The van der Waals surface area contributed by atoms with E-state index in [1.807, 2.05) is 0 Å². The van der Waals surface area contributed by atoms with Crippen LogP contribution in [0.3, 0.4) is 0 Å². The molecule has 0 radical (unpaired) electrons. The van der Waals surface area contributed by atoms with Crippen LogP contribution in [0, 0.1) is 61.6 Å². The highest BCUT2D eigenvalue weighted by atomic mass is 16.3. The van der Waals surface area contributed by atoms with Crippen molar-refractivity contribution >= 4 is 5.78 Å². The molecular formula is C32H54O3. The lowest BCUT2D eigenvalue weighted by Crippen LogP contribution is -2.75. The van der Waals surface area contributed by atoms with E-state index in [1.54, 1.807) is 0 Å². The van der Waals surface area contributed by atoms with Crippen molar-refractivity contribution in [2.24, 2.45) is 61.6 Å². The molecule has 3 nitrogen and oxygen atoms in total. The molecule has 5 saturated carbocycles. The van der Waals surface area contributed by atoms with Crippen molar-refractivity contribution in [2.45, 2.75) is 126 Å². The second-order valence-corrected chi connectivity index (χ2v) is 16.3. The third kappa shape index (κ3) is 2.79. The highest BCUT2D eigenvalue weighted by Crippen LogP contribution is 2.84. The van der Waals surface area contributed by atoms with Crippen LogP contribution in [-0.2, 0) is 4.79 Å². The van der Waals surface area contributed by atoms with Crippen molar-refractivity contribution in [1.29, 1.82) is 0 Å². The number of ketones is 1. The number of fused-ring (bicyclic) bond motifs is 7. The zero-order chi connectivity index (χ0) is 26.0. The number of carbonyl (C=O) groups is 1. The van der Waals surface area contributed by atoms with E-state index in [4.69, 9.17) is 0 Å². The molecule has 0 aromatic carbocycles. The lowest BCUT2D eigenvalue weighted by Gasteiger charge is -2.81. The van der Waals surface area contributed by atoms with Gasteiger partial charge < -0.3 is 10.2 Å². The van der Waals surface area contributed by atoms with Gasteiger partial charge in [0.25, 0.3) is 0 Å². The Bertz CT molecular complexity index is 910. The maximum Gasteiger partial charge on any atom is 0.164 e. The van der Waals surface area contributed by atoms with E-state index in [2.05, 4.69) is 62.3 Å². The number of hydrogen-bond acceptors (Lipinski definition) is 3. The van der Waals surface area contributed by atoms with Crippen molar-refractivity contribution < 1.29 is 15.0 Å². The Morgan fingerprint density at radius 3 is 1.86 bits per heavy atom. The van der Waals surface area contributed by atoms with E-state index in [0.29, 0.717) is 36.2 Å². The topological polar surface area (TPSA) is 57.5 Å². The van der Waals surface area contributed by atoms with Gasteiger partial charge in [0, 0.05) is 12.5 Å². The molecule has 0 saturated heterocycles. The lowest BCUT2D eigenvalue weighted by atomic mass is 9.23. The largest absolute Gasteiger partial charge is 0.396 e. The predicted octanol–water partition coefficient (Wildman–Crippen LogP) is 7.04. The summed E-state index contributed by atoms with van der Waals surface area (Å²) in [6.07, 6.45) is 9.36. The Kier molecular flexibility index (Phi) is 5.52. The fourth-order valence-electron chi connectivity index (χ4n) is 12.2. The normalized spacial score (nSPS) is 59.6. The smallest absolute Gasteiger partial charge is 0.164 e. The molecule has 11 unspecified atom stereocenters. The average molecular weight is 487 g/mol. The van der Waals surface area contributed by atoms with Crippen LogP contribution in [-0.4, -0.2) is 28.7 Å². The maximum atomic E-state index is 13.0. The van der Waals surface area contributed by atoms with Crippen molar-refractivity contribution in [3.05, 3.63) is 0 Å². The molecule has 3 heteroatoms. The van der Waals surface area contributed by atoms with Gasteiger partial charge in [-0.25, -0.2) is 0 Å². The zero-order valence-corrected chi connectivity index (χ0v) is 24.3. The second-order valence-electron chi connectivity index (χ2n) is 16.3. The Labute approximate surface area is 215 Å². The second kappa shape index (κ2) is 7.37. The van der Waals surface area contributed by atoms with E-state index in [0.717, 1.165) is 19.3 Å². The van der Waals surface area contributed by atoms with Gasteiger partial charge in [0.2, 0.25) is 0 Å². The first-order valence-electron chi connectivity index (χ1n) is 14.8. The number of aliphatic hydroxyl groups is 2. The minimum atomic E-state index is -0.830. The van der Waals surface area contributed by atoms with E-state index in [-0.39, 0.29) is 44.2 Å². The van der Waals surface area contributed by atoms with Crippen molar-refractivity contribution in [2.75, 3.05) is 6.61 Å². The molecule has 5 aliphatic rings. The number of Topliss-reactive ketones (excluding diaryl/α,β-unsaturated/α-hetero) is 1. The Balaban J connectivity index is 1.66. The van der Waals surface area contributed by atoms with Gasteiger partial charge >= 0.3 is 0 Å². The first kappa shape index (κ1) is 26.2. The van der Waals surface area contributed by atoms with Gasteiger partial charge in [-0.05, 0) is 113 Å². The fourth-order valence-corrected chi connectivity index (χ4v) is 12.2. The predicted molar refractivity (Wildman–Crippen MR) is 142 cm³/mol. The Morgan fingerprint density at radius 2 is 1.29 bits per heavy atom. The fraction of sp³-hybridized carbons (Fsp3) is 0.969. The van der Waals surface area contributed by atoms with Crippen LogP contribution < -0.4 is 0 Å². The van der Waals surface area contributed by atoms with Gasteiger partial charge in [-0.3, -0.25) is 4.79 Å². The lowest BCUT2D eigenvalue weighted by molar-refractivity contribution is -0.326. The molecule has 2 N–H and O–H groups in total.